The van der Waals surface area contributed by atoms with Crippen LogP contribution >= 0.6 is 11.3 Å². The van der Waals surface area contributed by atoms with E-state index in [9.17, 15) is 4.79 Å². The molecule has 2 aromatic rings. The van der Waals surface area contributed by atoms with Gasteiger partial charge in [0.15, 0.2) is 5.82 Å². The fourth-order valence-electron chi connectivity index (χ4n) is 0.850. The van der Waals surface area contributed by atoms with Crippen molar-refractivity contribution in [3.63, 3.8) is 0 Å². The number of hydrogen-bond acceptors (Lipinski definition) is 5. The van der Waals surface area contributed by atoms with E-state index in [1.807, 2.05) is 0 Å². The van der Waals surface area contributed by atoms with Crippen LogP contribution < -0.4 is 0 Å². The molecule has 4 nitrogen and oxygen atoms in total. The molecule has 0 spiro atoms. The monoisotopic (exact) mass is 177 g/mol. The van der Waals surface area contributed by atoms with E-state index in [1.165, 1.54) is 17.4 Å². The van der Waals surface area contributed by atoms with Crippen LogP contribution in [0.5, 0.6) is 0 Å². The lowest BCUT2D eigenvalue weighted by Crippen LogP contribution is -1.73. The third kappa shape index (κ3) is 1.11. The van der Waals surface area contributed by atoms with E-state index < -0.39 is 0 Å². The Balaban J connectivity index is 2.67. The topological polar surface area (TPSA) is 55.2 Å². The molecule has 2 rings (SSSR count). The van der Waals surface area contributed by atoms with Crippen molar-refractivity contribution in [2.45, 2.75) is 0 Å². The summed E-state index contributed by atoms with van der Waals surface area (Å²) in [5, 5.41) is 0. The van der Waals surface area contributed by atoms with Gasteiger partial charge in [0.25, 0.3) is 0 Å². The molecule has 0 radical (unpaired) electrons. The highest BCUT2D eigenvalue weighted by molar-refractivity contribution is 7.16. The van der Waals surface area contributed by atoms with Gasteiger partial charge in [0.2, 0.25) is 6.08 Å². The zero-order valence-corrected chi connectivity index (χ0v) is 6.71. The first-order valence-electron chi connectivity index (χ1n) is 3.18. The first-order chi connectivity index (χ1) is 5.90. The second-order valence-electron chi connectivity index (χ2n) is 2.05. The Kier molecular flexibility index (Phi) is 1.66. The van der Waals surface area contributed by atoms with Gasteiger partial charge in [-0.1, -0.05) is 0 Å². The molecule has 0 saturated carbocycles. The van der Waals surface area contributed by atoms with Gasteiger partial charge in [-0.3, -0.25) is 0 Å². The second-order valence-corrected chi connectivity index (χ2v) is 2.88. The van der Waals surface area contributed by atoms with Crippen LogP contribution in [0.3, 0.4) is 0 Å². The number of fused-ring (bicyclic) bond motifs is 1. The Morgan fingerprint density at radius 2 is 2.42 bits per heavy atom. The van der Waals surface area contributed by atoms with E-state index in [1.54, 1.807) is 17.6 Å². The maximum absolute atomic E-state index is 9.90. The molecule has 0 N–H and O–H groups in total. The molecule has 0 saturated heterocycles. The highest BCUT2D eigenvalue weighted by Crippen LogP contribution is 2.18. The molecular weight excluding hydrogens is 174 g/mol. The summed E-state index contributed by atoms with van der Waals surface area (Å²) in [5.41, 5.74) is 2.52. The van der Waals surface area contributed by atoms with Crippen LogP contribution in [-0.2, 0) is 4.79 Å². The van der Waals surface area contributed by atoms with Gasteiger partial charge in [-0.15, -0.1) is 16.3 Å². The van der Waals surface area contributed by atoms with Crippen LogP contribution in [0.1, 0.15) is 0 Å². The molecule has 0 aliphatic carbocycles. The fraction of sp³-hybridized carbons (Fsp3) is 0. The van der Waals surface area contributed by atoms with E-state index in [-0.39, 0.29) is 0 Å². The van der Waals surface area contributed by atoms with Crippen molar-refractivity contribution < 1.29 is 4.79 Å². The predicted molar refractivity (Wildman–Crippen MR) is 45.2 cm³/mol. The average molecular weight is 177 g/mol. The molecule has 0 fully saturated rings. The summed E-state index contributed by atoms with van der Waals surface area (Å²) in [4.78, 5) is 22.2. The lowest BCUT2D eigenvalue weighted by Gasteiger charge is -1.87. The molecule has 5 heteroatoms. The zero-order chi connectivity index (χ0) is 8.39. The molecule has 58 valence electrons. The van der Waals surface area contributed by atoms with Gasteiger partial charge in [0.1, 0.15) is 10.3 Å². The summed E-state index contributed by atoms with van der Waals surface area (Å²) in [5.74, 6) is 0.377. The molecule has 0 aliphatic heterocycles. The number of thiazole rings is 1. The Hall–Kier alpha value is -1.58. The molecule has 0 unspecified atom stereocenters. The summed E-state index contributed by atoms with van der Waals surface area (Å²) in [6, 6.07) is 3.40. The lowest BCUT2D eigenvalue weighted by atomic mass is 10.4. The minimum Gasteiger partial charge on any atom is -0.243 e. The summed E-state index contributed by atoms with van der Waals surface area (Å²) in [6.45, 7) is 0. The van der Waals surface area contributed by atoms with E-state index in [4.69, 9.17) is 0 Å². The van der Waals surface area contributed by atoms with Crippen LogP contribution in [0.15, 0.2) is 22.6 Å². The first kappa shape index (κ1) is 7.09. The summed E-state index contributed by atoms with van der Waals surface area (Å²) in [6.07, 6.45) is 1.44. The van der Waals surface area contributed by atoms with Gasteiger partial charge >= 0.3 is 0 Å². The van der Waals surface area contributed by atoms with Gasteiger partial charge in [0, 0.05) is 0 Å². The third-order valence-electron chi connectivity index (χ3n) is 1.34. The number of nitrogens with zero attached hydrogens (tertiary/aromatic N) is 3. The van der Waals surface area contributed by atoms with Gasteiger partial charge < -0.3 is 0 Å². The Bertz CT molecular complexity index is 458. The van der Waals surface area contributed by atoms with Crippen molar-refractivity contribution in [3.8, 4) is 0 Å². The largest absolute Gasteiger partial charge is 0.243 e. The van der Waals surface area contributed by atoms with Crippen molar-refractivity contribution in [3.05, 3.63) is 17.6 Å². The third-order valence-corrected chi connectivity index (χ3v) is 2.08. The van der Waals surface area contributed by atoms with Gasteiger partial charge in [0.05, 0.1) is 5.51 Å². The molecule has 0 aromatic carbocycles. The SMILES string of the molecule is O=C=Nc1ccc2ncsc2n1. The standard InChI is InChI=1S/C7H3N3OS/c11-3-8-6-2-1-5-7(10-6)12-4-9-5/h1-2,4H. The fourth-order valence-corrected chi connectivity index (χ4v) is 1.50. The van der Waals surface area contributed by atoms with E-state index in [2.05, 4.69) is 15.0 Å². The van der Waals surface area contributed by atoms with Crippen LogP contribution in [-0.4, -0.2) is 16.0 Å². The lowest BCUT2D eigenvalue weighted by molar-refractivity contribution is 0.565. The quantitative estimate of drug-likeness (QED) is 0.491. The number of carbonyl (C=O) groups excluding carboxylic acids is 1. The summed E-state index contributed by atoms with van der Waals surface area (Å²) in [7, 11) is 0. The highest BCUT2D eigenvalue weighted by Gasteiger charge is 1.97. The Morgan fingerprint density at radius 3 is 3.25 bits per heavy atom. The number of hydrogen-bond donors (Lipinski definition) is 0. The predicted octanol–water partition coefficient (Wildman–Crippen LogP) is 1.66. The van der Waals surface area contributed by atoms with E-state index >= 15 is 0 Å². The van der Waals surface area contributed by atoms with Gasteiger partial charge in [-0.25, -0.2) is 14.8 Å². The molecule has 0 bridgehead atoms. The van der Waals surface area contributed by atoms with Crippen molar-refractivity contribution in [2.75, 3.05) is 0 Å². The molecule has 0 aliphatic rings. The van der Waals surface area contributed by atoms with Gasteiger partial charge in [-0.2, -0.15) is 0 Å². The molecule has 2 heterocycles. The van der Waals surface area contributed by atoms with Gasteiger partial charge in [-0.05, 0) is 12.1 Å². The van der Waals surface area contributed by atoms with Crippen LogP contribution in [0, 0.1) is 0 Å². The second kappa shape index (κ2) is 2.81. The van der Waals surface area contributed by atoms with Crippen molar-refractivity contribution in [1.82, 2.24) is 9.97 Å². The highest BCUT2D eigenvalue weighted by atomic mass is 32.1. The Labute approximate surface area is 71.6 Å². The van der Waals surface area contributed by atoms with Crippen molar-refractivity contribution in [2.24, 2.45) is 4.99 Å². The number of aromatic nitrogens is 2. The van der Waals surface area contributed by atoms with E-state index in [0.29, 0.717) is 5.82 Å². The molecular formula is C7H3N3OS. The van der Waals surface area contributed by atoms with Crippen LogP contribution in [0.4, 0.5) is 5.82 Å². The average Bonchev–Trinajstić information content (AvgIpc) is 2.51. The number of aliphatic imine (C=N–C) groups is 1. The molecule has 0 amide bonds. The molecule has 2 aromatic heterocycles. The minimum atomic E-state index is 0.377. The number of pyridine rings is 1. The van der Waals surface area contributed by atoms with E-state index in [0.717, 1.165) is 10.3 Å². The molecule has 12 heavy (non-hydrogen) atoms. The van der Waals surface area contributed by atoms with Crippen molar-refractivity contribution >= 4 is 33.6 Å². The smallest absolute Gasteiger partial charge is 0.242 e. The maximum Gasteiger partial charge on any atom is 0.242 e. The van der Waals surface area contributed by atoms with Crippen molar-refractivity contribution in [1.29, 1.82) is 0 Å². The minimum absolute atomic E-state index is 0.377. The molecule has 0 atom stereocenters. The summed E-state index contributed by atoms with van der Waals surface area (Å²) < 4.78 is 0. The Morgan fingerprint density at radius 1 is 1.50 bits per heavy atom. The number of isocyanates is 1. The maximum atomic E-state index is 9.90. The normalized spacial score (nSPS) is 9.67. The first-order valence-corrected chi connectivity index (χ1v) is 4.06. The van der Waals surface area contributed by atoms with Crippen LogP contribution in [0.2, 0.25) is 0 Å². The van der Waals surface area contributed by atoms with Crippen LogP contribution in [0.25, 0.3) is 10.3 Å². The number of rotatable bonds is 1. The summed E-state index contributed by atoms with van der Waals surface area (Å²) >= 11 is 1.42. The zero-order valence-electron chi connectivity index (χ0n) is 5.89.